The van der Waals surface area contributed by atoms with Crippen molar-refractivity contribution in [1.82, 2.24) is 4.13 Å². The first kappa shape index (κ1) is 30.1. The van der Waals surface area contributed by atoms with E-state index in [1.807, 2.05) is 0 Å². The maximum Gasteiger partial charge on any atom is 1.00 e. The Bertz CT molecular complexity index is 716. The van der Waals surface area contributed by atoms with Crippen LogP contribution in [0.5, 0.6) is 0 Å². The van der Waals surface area contributed by atoms with Crippen LogP contribution in [0.15, 0.2) is 0 Å². The molecule has 0 aliphatic heterocycles. The van der Waals surface area contributed by atoms with Crippen molar-refractivity contribution in [3.8, 4) is 0 Å². The molecule has 163 valence electrons. The van der Waals surface area contributed by atoms with Crippen LogP contribution in [0, 0.1) is 0 Å². The maximum absolute atomic E-state index is 12.9. The number of rotatable bonds is 6. The van der Waals surface area contributed by atoms with Gasteiger partial charge in [0.05, 0.1) is 0 Å². The van der Waals surface area contributed by atoms with Gasteiger partial charge in [-0.15, -0.1) is 0 Å². The van der Waals surface area contributed by atoms with E-state index in [-0.39, 0.29) is 33.7 Å². The minimum atomic E-state index is -8.29. The Morgan fingerprint density at radius 2 is 0.643 bits per heavy atom. The van der Waals surface area contributed by atoms with Crippen LogP contribution in [-0.4, -0.2) is 51.5 Å². The molecule has 0 aromatic rings. The summed E-state index contributed by atoms with van der Waals surface area (Å²) in [7, 11) is -16.6. The van der Waals surface area contributed by atoms with E-state index in [4.69, 9.17) is 0 Å². The molecular formula is C6F14NNaO4S2+. The number of halogens is 14. The molecule has 0 rings (SSSR count). The molecule has 0 bridgehead atoms. The molecule has 0 aliphatic carbocycles. The molecule has 0 unspecified atom stereocenters. The normalized spacial score (nSPS) is 15.9. The smallest absolute Gasteiger partial charge is 0.203 e. The van der Waals surface area contributed by atoms with Crippen LogP contribution >= 0.6 is 0 Å². The Morgan fingerprint density at radius 3 is 0.786 bits per heavy atom. The van der Waals surface area contributed by atoms with Gasteiger partial charge in [0, 0.05) is 4.13 Å². The molecule has 0 spiro atoms. The summed E-state index contributed by atoms with van der Waals surface area (Å²) in [4.78, 5) is 0. The molecule has 0 atom stereocenters. The Labute approximate surface area is 166 Å². The van der Waals surface area contributed by atoms with E-state index in [2.05, 4.69) is 0 Å². The molecule has 0 amide bonds. The van der Waals surface area contributed by atoms with Gasteiger partial charge in [-0.2, -0.15) is 61.5 Å². The van der Waals surface area contributed by atoms with Crippen molar-refractivity contribution in [3.05, 3.63) is 0 Å². The number of alkyl halides is 14. The quantitative estimate of drug-likeness (QED) is 0.373. The molecule has 0 aromatic carbocycles. The Balaban J connectivity index is 0. The summed E-state index contributed by atoms with van der Waals surface area (Å²) in [5.41, 5.74) is 0. The number of hydrogen-bond acceptors (Lipinski definition) is 4. The Hall–Kier alpha value is -0.120. The Morgan fingerprint density at radius 1 is 0.464 bits per heavy atom. The molecule has 5 nitrogen and oxygen atoms in total. The first-order valence-electron chi connectivity index (χ1n) is 5.09. The largest absolute Gasteiger partial charge is 1.00 e. The van der Waals surface area contributed by atoms with Crippen molar-refractivity contribution < 1.29 is 108 Å². The van der Waals surface area contributed by atoms with Crippen LogP contribution in [0.3, 0.4) is 0 Å². The zero-order valence-corrected chi connectivity index (χ0v) is 15.8. The molecule has 0 heterocycles. The summed E-state index contributed by atoms with van der Waals surface area (Å²) in [6.45, 7) is 0. The third-order valence-corrected chi connectivity index (χ3v) is 5.67. The first-order valence-corrected chi connectivity index (χ1v) is 7.97. The second kappa shape index (κ2) is 7.54. The van der Waals surface area contributed by atoms with Crippen molar-refractivity contribution in [2.75, 3.05) is 0 Å². The third-order valence-electron chi connectivity index (χ3n) is 2.29. The Kier molecular flexibility index (Phi) is 8.09. The summed E-state index contributed by atoms with van der Waals surface area (Å²) in [6.07, 6.45) is -14.9. The standard InChI is InChI=1S/C6F14NO4S2.Na/c7-1(8,3(11,12)13)5(17,18)26(22,23)21-27(24,25)6(19,20)2(9,10)4(14,15)16;/q;+1. The van der Waals surface area contributed by atoms with Gasteiger partial charge in [0.15, 0.2) is 0 Å². The van der Waals surface area contributed by atoms with Crippen LogP contribution in [-0.2, 0) is 20.0 Å². The van der Waals surface area contributed by atoms with Gasteiger partial charge in [0.2, 0.25) is 0 Å². The van der Waals surface area contributed by atoms with Gasteiger partial charge in [-0.3, -0.25) is 0 Å². The molecule has 0 saturated carbocycles. The topological polar surface area (TPSA) is 82.4 Å². The van der Waals surface area contributed by atoms with Gasteiger partial charge in [-0.25, -0.2) is 16.8 Å². The molecule has 0 aliphatic rings. The van der Waals surface area contributed by atoms with Gasteiger partial charge >= 0.3 is 84.3 Å². The first-order chi connectivity index (χ1) is 11.2. The zero-order valence-electron chi connectivity index (χ0n) is 12.2. The van der Waals surface area contributed by atoms with Crippen molar-refractivity contribution in [1.29, 1.82) is 0 Å². The van der Waals surface area contributed by atoms with Crippen molar-refractivity contribution in [2.45, 2.75) is 34.7 Å². The summed E-state index contributed by atoms with van der Waals surface area (Å²) < 4.78 is 215. The fraction of sp³-hybridized carbons (Fsp3) is 1.00. The predicted molar refractivity (Wildman–Crippen MR) is 51.9 cm³/mol. The summed E-state index contributed by atoms with van der Waals surface area (Å²) in [5, 5.41) is -15.4. The molecule has 1 radical (unpaired) electrons. The molecule has 0 saturated heterocycles. The zero-order chi connectivity index (χ0) is 22.7. The second-order valence-electron chi connectivity index (χ2n) is 4.20. The average Bonchev–Trinajstić information content (AvgIpc) is 2.33. The van der Waals surface area contributed by atoms with Gasteiger partial charge in [-0.05, 0) is 0 Å². The van der Waals surface area contributed by atoms with E-state index < -0.39 is 54.8 Å². The van der Waals surface area contributed by atoms with E-state index in [1.165, 1.54) is 0 Å². The fourth-order valence-corrected chi connectivity index (χ4v) is 3.54. The summed E-state index contributed by atoms with van der Waals surface area (Å²) >= 11 is 0. The summed E-state index contributed by atoms with van der Waals surface area (Å²) in [5.74, 6) is -15.4. The van der Waals surface area contributed by atoms with Crippen LogP contribution in [0.4, 0.5) is 61.5 Å². The fourth-order valence-electron chi connectivity index (χ4n) is 0.877. The van der Waals surface area contributed by atoms with Crippen molar-refractivity contribution >= 4 is 20.0 Å². The van der Waals surface area contributed by atoms with Gasteiger partial charge in [0.25, 0.3) is 0 Å². The van der Waals surface area contributed by atoms with Crippen LogP contribution < -0.4 is 33.7 Å². The van der Waals surface area contributed by atoms with E-state index in [0.29, 0.717) is 0 Å². The molecule has 0 N–H and O–H groups in total. The van der Waals surface area contributed by atoms with E-state index >= 15 is 0 Å². The van der Waals surface area contributed by atoms with E-state index in [9.17, 15) is 78.3 Å². The maximum atomic E-state index is 12.9. The molecular weight excluding hydrogens is 503 g/mol. The van der Waals surface area contributed by atoms with E-state index in [0.717, 1.165) is 0 Å². The average molecular weight is 503 g/mol. The second-order valence-corrected chi connectivity index (χ2v) is 7.72. The van der Waals surface area contributed by atoms with Crippen molar-refractivity contribution in [2.24, 2.45) is 0 Å². The minimum absolute atomic E-state index is 0. The monoisotopic (exact) mass is 503 g/mol. The predicted octanol–water partition coefficient (Wildman–Crippen LogP) is -0.165. The number of nitrogens with zero attached hydrogens (tertiary/aromatic N) is 1. The van der Waals surface area contributed by atoms with Crippen molar-refractivity contribution in [3.63, 3.8) is 0 Å². The molecule has 28 heavy (non-hydrogen) atoms. The van der Waals surface area contributed by atoms with E-state index in [1.54, 1.807) is 0 Å². The minimum Gasteiger partial charge on any atom is -0.203 e. The summed E-state index contributed by atoms with van der Waals surface area (Å²) in [6, 6.07) is 0. The van der Waals surface area contributed by atoms with Gasteiger partial charge in [-0.1, -0.05) is 0 Å². The third kappa shape index (κ3) is 4.47. The van der Waals surface area contributed by atoms with Crippen LogP contribution in [0.1, 0.15) is 0 Å². The number of sulfonamides is 2. The van der Waals surface area contributed by atoms with Crippen LogP contribution in [0.25, 0.3) is 0 Å². The number of hydrogen-bond donors (Lipinski definition) is 0. The van der Waals surface area contributed by atoms with Crippen LogP contribution in [0.2, 0.25) is 0 Å². The molecule has 0 fully saturated rings. The molecule has 22 heteroatoms. The SMILES string of the molecule is O=S(=O)([N]S(=O)(=O)C(F)(F)C(F)(F)C(F)(F)F)C(F)(F)C(F)(F)C(F)(F)F.[Na+]. The van der Waals surface area contributed by atoms with Gasteiger partial charge < -0.3 is 0 Å². The molecule has 0 aromatic heterocycles. The van der Waals surface area contributed by atoms with Gasteiger partial charge in [0.1, 0.15) is 0 Å².